The zero-order valence-electron chi connectivity index (χ0n) is 23.2. The van der Waals surface area contributed by atoms with Crippen molar-refractivity contribution in [2.24, 2.45) is 9.98 Å². The number of aliphatic imine (C=N–C) groups is 2. The molecule has 3 aromatic rings. The standard InChI is InChI=1S/C28H28N6O2.2CH2O2/c1-17-15-21(7-9-23(17)25-29-11-12-30-25)33-27(35)19-3-5-20(6-4-19)28(36)34-22-8-10-24(18(2)16-22)26-31-13-14-32-26;2*2-1-3/h3-10,15-16H,11-14H2,1-2H3,(H,29,30)(H,31,32)(H,33,35)(H,34,36);2*1H,(H,2,3). The van der Waals surface area contributed by atoms with Gasteiger partial charge in [0.1, 0.15) is 11.7 Å². The Bertz CT molecular complexity index is 1390. The smallest absolute Gasteiger partial charge is 0.290 e. The average molecular weight is 573 g/mol. The molecule has 5 rings (SSSR count). The van der Waals surface area contributed by atoms with E-state index in [0.29, 0.717) is 22.5 Å². The number of amides is 2. The summed E-state index contributed by atoms with van der Waals surface area (Å²) >= 11 is 0. The Morgan fingerprint density at radius 1 is 0.690 bits per heavy atom. The van der Waals surface area contributed by atoms with E-state index in [-0.39, 0.29) is 24.8 Å². The summed E-state index contributed by atoms with van der Waals surface area (Å²) in [5, 5.41) is 26.2. The first-order valence-corrected chi connectivity index (χ1v) is 13.0. The molecule has 3 aromatic carbocycles. The zero-order chi connectivity index (χ0) is 30.5. The molecule has 12 heteroatoms. The Labute approximate surface area is 242 Å². The van der Waals surface area contributed by atoms with E-state index in [9.17, 15) is 9.59 Å². The van der Waals surface area contributed by atoms with Crippen LogP contribution in [0.2, 0.25) is 0 Å². The van der Waals surface area contributed by atoms with Crippen LogP contribution in [0.5, 0.6) is 0 Å². The van der Waals surface area contributed by atoms with Crippen LogP contribution in [0.3, 0.4) is 0 Å². The van der Waals surface area contributed by atoms with Crippen molar-refractivity contribution in [3.63, 3.8) is 0 Å². The normalized spacial score (nSPS) is 12.9. The van der Waals surface area contributed by atoms with Gasteiger partial charge in [-0.15, -0.1) is 0 Å². The van der Waals surface area contributed by atoms with E-state index in [2.05, 4.69) is 31.3 Å². The van der Waals surface area contributed by atoms with Crippen molar-refractivity contribution in [2.45, 2.75) is 13.8 Å². The van der Waals surface area contributed by atoms with Crippen LogP contribution in [-0.2, 0) is 9.59 Å². The molecule has 2 aliphatic rings. The fourth-order valence-electron chi connectivity index (χ4n) is 4.35. The zero-order valence-corrected chi connectivity index (χ0v) is 23.2. The maximum absolute atomic E-state index is 12.8. The predicted octanol–water partition coefficient (Wildman–Crippen LogP) is 2.91. The summed E-state index contributed by atoms with van der Waals surface area (Å²) in [4.78, 5) is 51.1. The lowest BCUT2D eigenvalue weighted by atomic mass is 10.1. The monoisotopic (exact) mass is 572 g/mol. The molecule has 218 valence electrons. The van der Waals surface area contributed by atoms with E-state index in [0.717, 1.165) is 60.1 Å². The molecular formula is C30H32N6O6. The highest BCUT2D eigenvalue weighted by atomic mass is 16.3. The van der Waals surface area contributed by atoms with Crippen molar-refractivity contribution < 1.29 is 29.4 Å². The van der Waals surface area contributed by atoms with Gasteiger partial charge in [0, 0.05) is 46.7 Å². The second-order valence-electron chi connectivity index (χ2n) is 9.07. The summed E-state index contributed by atoms with van der Waals surface area (Å²) in [5.41, 5.74) is 6.50. The number of amidine groups is 2. The molecule has 0 atom stereocenters. The number of rotatable bonds is 6. The Kier molecular flexibility index (Phi) is 11.3. The minimum atomic E-state index is -0.250. The molecule has 2 amide bonds. The minimum absolute atomic E-state index is 0.236. The molecular weight excluding hydrogens is 540 g/mol. The molecule has 2 heterocycles. The van der Waals surface area contributed by atoms with Gasteiger partial charge in [0.15, 0.2) is 0 Å². The Balaban J connectivity index is 0.000000745. The molecule has 0 saturated heterocycles. The number of carbonyl (C=O) groups excluding carboxylic acids is 2. The number of benzene rings is 3. The molecule has 6 N–H and O–H groups in total. The molecule has 12 nitrogen and oxygen atoms in total. The van der Waals surface area contributed by atoms with Crippen LogP contribution >= 0.6 is 0 Å². The fourth-order valence-corrected chi connectivity index (χ4v) is 4.35. The number of carboxylic acid groups (broad SMARTS) is 2. The SMILES string of the molecule is Cc1cc(NC(=O)c2ccc(C(=O)Nc3ccc(C4=NCCN4)c(C)c3)cc2)ccc1C1=NCCN1.O=CO.O=CO. The molecule has 0 bridgehead atoms. The maximum Gasteiger partial charge on any atom is 0.290 e. The topological polar surface area (TPSA) is 182 Å². The van der Waals surface area contributed by atoms with E-state index in [1.807, 2.05) is 50.2 Å². The number of anilines is 2. The largest absolute Gasteiger partial charge is 0.483 e. The van der Waals surface area contributed by atoms with Gasteiger partial charge in [0.05, 0.1) is 13.1 Å². The third-order valence-electron chi connectivity index (χ3n) is 6.24. The van der Waals surface area contributed by atoms with Crippen molar-refractivity contribution in [1.29, 1.82) is 0 Å². The Morgan fingerprint density at radius 2 is 1.05 bits per heavy atom. The molecule has 0 fully saturated rings. The summed E-state index contributed by atoms with van der Waals surface area (Å²) in [6.45, 7) is 6.75. The van der Waals surface area contributed by atoms with Gasteiger partial charge in [-0.2, -0.15) is 0 Å². The number of aryl methyl sites for hydroxylation is 2. The maximum atomic E-state index is 12.8. The molecule has 42 heavy (non-hydrogen) atoms. The third kappa shape index (κ3) is 8.24. The van der Waals surface area contributed by atoms with Crippen LogP contribution in [0, 0.1) is 13.8 Å². The number of hydrogen-bond donors (Lipinski definition) is 6. The molecule has 0 radical (unpaired) electrons. The lowest BCUT2D eigenvalue weighted by Gasteiger charge is -2.11. The van der Waals surface area contributed by atoms with E-state index in [1.165, 1.54) is 0 Å². The van der Waals surface area contributed by atoms with Gasteiger partial charge in [-0.3, -0.25) is 29.2 Å². The predicted molar refractivity (Wildman–Crippen MR) is 161 cm³/mol. The van der Waals surface area contributed by atoms with E-state index < -0.39 is 0 Å². The second kappa shape index (κ2) is 15.3. The van der Waals surface area contributed by atoms with Crippen molar-refractivity contribution in [1.82, 2.24) is 10.6 Å². The van der Waals surface area contributed by atoms with Gasteiger partial charge >= 0.3 is 0 Å². The van der Waals surface area contributed by atoms with Crippen LogP contribution in [0.15, 0.2) is 70.6 Å². The highest BCUT2D eigenvalue weighted by Gasteiger charge is 2.15. The van der Waals surface area contributed by atoms with Crippen LogP contribution in [0.1, 0.15) is 43.0 Å². The molecule has 0 spiro atoms. The fraction of sp³-hybridized carbons (Fsp3) is 0.200. The van der Waals surface area contributed by atoms with Crippen molar-refractivity contribution >= 4 is 47.8 Å². The first kappa shape index (κ1) is 31.0. The van der Waals surface area contributed by atoms with Gasteiger partial charge in [0.2, 0.25) is 0 Å². The first-order chi connectivity index (χ1) is 20.3. The lowest BCUT2D eigenvalue weighted by Crippen LogP contribution is -2.20. The third-order valence-corrected chi connectivity index (χ3v) is 6.24. The van der Waals surface area contributed by atoms with Crippen molar-refractivity contribution in [3.8, 4) is 0 Å². The number of carbonyl (C=O) groups is 4. The highest BCUT2D eigenvalue weighted by molar-refractivity contribution is 6.08. The average Bonchev–Trinajstić information content (AvgIpc) is 3.70. The van der Waals surface area contributed by atoms with Crippen LogP contribution < -0.4 is 21.3 Å². The van der Waals surface area contributed by atoms with Gasteiger partial charge in [-0.25, -0.2) is 0 Å². The molecule has 2 aliphatic heterocycles. The van der Waals surface area contributed by atoms with Crippen molar-refractivity contribution in [3.05, 3.63) is 94.0 Å². The quantitative estimate of drug-likeness (QED) is 0.244. The van der Waals surface area contributed by atoms with Gasteiger partial charge in [-0.1, -0.05) is 0 Å². The van der Waals surface area contributed by atoms with Crippen LogP contribution in [-0.4, -0.2) is 72.8 Å². The Hall–Kier alpha value is -5.52. The van der Waals surface area contributed by atoms with E-state index in [1.54, 1.807) is 24.3 Å². The lowest BCUT2D eigenvalue weighted by molar-refractivity contribution is -0.123. The molecule has 0 aliphatic carbocycles. The molecule has 0 saturated carbocycles. The van der Waals surface area contributed by atoms with Gasteiger partial charge < -0.3 is 31.5 Å². The van der Waals surface area contributed by atoms with Crippen LogP contribution in [0.25, 0.3) is 0 Å². The number of hydrogen-bond acceptors (Lipinski definition) is 8. The molecule has 0 aromatic heterocycles. The van der Waals surface area contributed by atoms with E-state index in [4.69, 9.17) is 19.8 Å². The van der Waals surface area contributed by atoms with Gasteiger partial charge in [0.25, 0.3) is 24.8 Å². The minimum Gasteiger partial charge on any atom is -0.483 e. The van der Waals surface area contributed by atoms with Gasteiger partial charge in [-0.05, 0) is 85.6 Å². The van der Waals surface area contributed by atoms with E-state index >= 15 is 0 Å². The summed E-state index contributed by atoms with van der Waals surface area (Å²) in [5.74, 6) is 1.32. The summed E-state index contributed by atoms with van der Waals surface area (Å²) in [6, 6.07) is 18.1. The summed E-state index contributed by atoms with van der Waals surface area (Å²) in [7, 11) is 0. The first-order valence-electron chi connectivity index (χ1n) is 13.0. The Morgan fingerprint density at radius 3 is 1.33 bits per heavy atom. The second-order valence-corrected chi connectivity index (χ2v) is 9.07. The van der Waals surface area contributed by atoms with Crippen LogP contribution in [0.4, 0.5) is 11.4 Å². The number of nitrogens with one attached hydrogen (secondary N) is 4. The number of nitrogens with zero attached hydrogens (tertiary/aromatic N) is 2. The summed E-state index contributed by atoms with van der Waals surface area (Å²) in [6.07, 6.45) is 0. The summed E-state index contributed by atoms with van der Waals surface area (Å²) < 4.78 is 0. The molecule has 0 unspecified atom stereocenters. The van der Waals surface area contributed by atoms with Crippen molar-refractivity contribution in [2.75, 3.05) is 36.8 Å². The highest BCUT2D eigenvalue weighted by Crippen LogP contribution is 2.19.